The molecule has 5 fully saturated rings. The summed E-state index contributed by atoms with van der Waals surface area (Å²) in [5.74, 6) is 5.06. The van der Waals surface area contributed by atoms with Crippen molar-refractivity contribution in [2.45, 2.75) is 38.5 Å². The number of hydrogen-bond donors (Lipinski definition) is 0. The molecule has 0 aromatic rings. The van der Waals surface area contributed by atoms with Crippen molar-refractivity contribution >= 4 is 0 Å². The van der Waals surface area contributed by atoms with E-state index in [1.54, 1.807) is 38.5 Å². The normalized spacial score (nSPS) is 80.0. The van der Waals surface area contributed by atoms with E-state index in [1.807, 2.05) is 0 Å². The molecule has 4 atom stereocenters. The molecule has 0 bridgehead atoms. The summed E-state index contributed by atoms with van der Waals surface area (Å²) < 4.78 is 0. The second kappa shape index (κ2) is 1.22. The van der Waals surface area contributed by atoms with Crippen LogP contribution in [0.4, 0.5) is 0 Å². The zero-order valence-electron chi connectivity index (χ0n) is 7.55. The van der Waals surface area contributed by atoms with E-state index in [2.05, 4.69) is 0 Å². The second-order valence-electron chi connectivity index (χ2n) is 6.27. The lowest BCUT2D eigenvalue weighted by molar-refractivity contribution is -0.451. The van der Waals surface area contributed by atoms with Crippen LogP contribution in [0.5, 0.6) is 0 Å². The summed E-state index contributed by atoms with van der Waals surface area (Å²) in [6.07, 6.45) is 9.77. The fraction of sp³-hybridized carbons (Fsp3) is 1.00. The average molecular weight is 160 g/mol. The Morgan fingerprint density at radius 3 is 1.33 bits per heavy atom. The molecule has 0 radical (unpaired) electrons. The Kier molecular flexibility index (Phi) is 0.578. The molecule has 5 rings (SSSR count). The fourth-order valence-corrected chi connectivity index (χ4v) is 6.36. The van der Waals surface area contributed by atoms with Gasteiger partial charge in [0.15, 0.2) is 0 Å². The summed E-state index contributed by atoms with van der Waals surface area (Å²) in [5, 5.41) is 0. The number of rotatable bonds is 0. The van der Waals surface area contributed by atoms with Crippen LogP contribution in [0.15, 0.2) is 0 Å². The molecular formula is C12H16. The molecule has 0 saturated heterocycles. The molecule has 5 aliphatic carbocycles. The van der Waals surface area contributed by atoms with Crippen molar-refractivity contribution in [3.05, 3.63) is 0 Å². The van der Waals surface area contributed by atoms with Crippen LogP contribution >= 0.6 is 0 Å². The van der Waals surface area contributed by atoms with Gasteiger partial charge in [-0.1, -0.05) is 0 Å². The van der Waals surface area contributed by atoms with Gasteiger partial charge in [-0.25, -0.2) is 0 Å². The monoisotopic (exact) mass is 160 g/mol. The highest BCUT2D eigenvalue weighted by atomic mass is 14.9. The molecule has 0 N–H and O–H groups in total. The molecule has 0 spiro atoms. The van der Waals surface area contributed by atoms with Crippen molar-refractivity contribution in [2.75, 3.05) is 0 Å². The van der Waals surface area contributed by atoms with Gasteiger partial charge in [-0.3, -0.25) is 0 Å². The Morgan fingerprint density at radius 2 is 1.08 bits per heavy atom. The van der Waals surface area contributed by atoms with Gasteiger partial charge in [0.05, 0.1) is 0 Å². The summed E-state index contributed by atoms with van der Waals surface area (Å²) in [6.45, 7) is 0. The molecule has 4 unspecified atom stereocenters. The smallest absolute Gasteiger partial charge is 0.0204 e. The molecule has 0 aromatic carbocycles. The van der Waals surface area contributed by atoms with Gasteiger partial charge >= 0.3 is 0 Å². The molecule has 0 heteroatoms. The van der Waals surface area contributed by atoms with Crippen LogP contribution in [-0.2, 0) is 0 Å². The largest absolute Gasteiger partial charge is 0.0496 e. The van der Waals surface area contributed by atoms with Gasteiger partial charge < -0.3 is 0 Å². The first-order valence-electron chi connectivity index (χ1n) is 5.89. The van der Waals surface area contributed by atoms with Crippen LogP contribution < -0.4 is 0 Å². The number of fused-ring (bicyclic) bond motifs is 4. The summed E-state index contributed by atoms with van der Waals surface area (Å²) >= 11 is 0. The molecule has 64 valence electrons. The fourth-order valence-electron chi connectivity index (χ4n) is 6.36. The van der Waals surface area contributed by atoms with Gasteiger partial charge in [0, 0.05) is 0 Å². The molecular weight excluding hydrogens is 144 g/mol. The Hall–Kier alpha value is 0. The topological polar surface area (TPSA) is 0 Å². The van der Waals surface area contributed by atoms with E-state index in [4.69, 9.17) is 0 Å². The van der Waals surface area contributed by atoms with Crippen molar-refractivity contribution in [2.24, 2.45) is 34.5 Å². The van der Waals surface area contributed by atoms with Crippen LogP contribution in [0.1, 0.15) is 38.5 Å². The first-order valence-corrected chi connectivity index (χ1v) is 5.89. The van der Waals surface area contributed by atoms with Crippen molar-refractivity contribution in [3.8, 4) is 0 Å². The molecule has 5 aliphatic rings. The van der Waals surface area contributed by atoms with E-state index in [0.29, 0.717) is 0 Å². The molecule has 0 amide bonds. The number of hydrogen-bond acceptors (Lipinski definition) is 0. The lowest BCUT2D eigenvalue weighted by atomic mass is 9.11. The van der Waals surface area contributed by atoms with E-state index < -0.39 is 0 Å². The summed E-state index contributed by atoms with van der Waals surface area (Å²) in [6, 6.07) is 0. The van der Waals surface area contributed by atoms with Crippen molar-refractivity contribution in [1.82, 2.24) is 0 Å². The molecule has 5 saturated carbocycles. The minimum absolute atomic E-state index is 0.999. The molecule has 12 heavy (non-hydrogen) atoms. The van der Waals surface area contributed by atoms with Gasteiger partial charge in [0.25, 0.3) is 0 Å². The first kappa shape index (κ1) is 5.67. The maximum Gasteiger partial charge on any atom is -0.0204 e. The summed E-state index contributed by atoms with van der Waals surface area (Å²) in [4.78, 5) is 0. The van der Waals surface area contributed by atoms with Crippen LogP contribution in [-0.4, -0.2) is 0 Å². The van der Waals surface area contributed by atoms with Crippen molar-refractivity contribution in [3.63, 3.8) is 0 Å². The predicted molar refractivity (Wildman–Crippen MR) is 46.5 cm³/mol. The standard InChI is InChI=1S/C12H16/c1-2-8-7(1)9-10(8)12-5-3-11(9,12)4-6-12/h7-10H,1-6H2. The summed E-state index contributed by atoms with van der Waals surface area (Å²) in [7, 11) is 0. The molecule has 0 aliphatic heterocycles. The van der Waals surface area contributed by atoms with E-state index >= 15 is 0 Å². The van der Waals surface area contributed by atoms with Gasteiger partial charge in [-0.15, -0.1) is 0 Å². The van der Waals surface area contributed by atoms with E-state index in [1.165, 1.54) is 23.7 Å². The molecule has 0 nitrogen and oxygen atoms in total. The van der Waals surface area contributed by atoms with Crippen molar-refractivity contribution < 1.29 is 0 Å². The molecule has 0 heterocycles. The minimum atomic E-state index is 0.999. The minimum Gasteiger partial charge on any atom is -0.0496 e. The van der Waals surface area contributed by atoms with E-state index in [0.717, 1.165) is 10.8 Å². The zero-order valence-corrected chi connectivity index (χ0v) is 7.55. The quantitative estimate of drug-likeness (QED) is 0.511. The third kappa shape index (κ3) is 0.258. The lowest BCUT2D eigenvalue weighted by Gasteiger charge is -2.93. The van der Waals surface area contributed by atoms with Crippen LogP contribution in [0.2, 0.25) is 0 Å². The van der Waals surface area contributed by atoms with Gasteiger partial charge in [0.2, 0.25) is 0 Å². The second-order valence-corrected chi connectivity index (χ2v) is 6.27. The van der Waals surface area contributed by atoms with E-state index in [-0.39, 0.29) is 0 Å². The van der Waals surface area contributed by atoms with Crippen LogP contribution in [0.25, 0.3) is 0 Å². The van der Waals surface area contributed by atoms with E-state index in [9.17, 15) is 0 Å². The lowest BCUT2D eigenvalue weighted by Crippen LogP contribution is -2.87. The first-order chi connectivity index (χ1) is 5.89. The molecule has 0 aromatic heterocycles. The predicted octanol–water partition coefficient (Wildman–Crippen LogP) is 2.83. The highest BCUT2D eigenvalue weighted by molar-refractivity contribution is 5.36. The van der Waals surface area contributed by atoms with Gasteiger partial charge in [0.1, 0.15) is 0 Å². The van der Waals surface area contributed by atoms with Crippen LogP contribution in [0, 0.1) is 34.5 Å². The Labute approximate surface area is 73.7 Å². The SMILES string of the molecule is C1CC2C1C1C2C23CCC12CC3. The highest BCUT2D eigenvalue weighted by Crippen LogP contribution is 2.95. The van der Waals surface area contributed by atoms with Crippen LogP contribution in [0.3, 0.4) is 0 Å². The van der Waals surface area contributed by atoms with Gasteiger partial charge in [-0.05, 0) is 73.0 Å². The third-order valence-electron chi connectivity index (χ3n) is 6.99. The Morgan fingerprint density at radius 1 is 0.667 bits per heavy atom. The Balaban J connectivity index is 1.66. The highest BCUT2D eigenvalue weighted by Gasteiger charge is 2.88. The summed E-state index contributed by atoms with van der Waals surface area (Å²) in [5.41, 5.74) is 2.00. The Bertz CT molecular complexity index is 252. The third-order valence-corrected chi connectivity index (χ3v) is 6.99. The average Bonchev–Trinajstić information content (AvgIpc) is 2.05. The van der Waals surface area contributed by atoms with Crippen molar-refractivity contribution in [1.29, 1.82) is 0 Å². The zero-order chi connectivity index (χ0) is 7.55. The maximum atomic E-state index is 1.64. The maximum absolute atomic E-state index is 1.64. The van der Waals surface area contributed by atoms with Gasteiger partial charge in [-0.2, -0.15) is 0 Å².